The number of nitrogens with two attached hydrogens (primary N) is 1. The highest BCUT2D eigenvalue weighted by molar-refractivity contribution is 5.99. The van der Waals surface area contributed by atoms with Gasteiger partial charge in [0.1, 0.15) is 18.2 Å². The Balaban J connectivity index is 1.63. The van der Waals surface area contributed by atoms with Gasteiger partial charge in [-0.3, -0.25) is 14.6 Å². The number of anilines is 1. The van der Waals surface area contributed by atoms with E-state index in [4.69, 9.17) is 5.73 Å². The van der Waals surface area contributed by atoms with E-state index in [9.17, 15) is 18.4 Å². The van der Waals surface area contributed by atoms with Crippen LogP contribution < -0.4 is 10.7 Å². The van der Waals surface area contributed by atoms with Crippen LogP contribution in [0.3, 0.4) is 0 Å². The Morgan fingerprint density at radius 2 is 1.91 bits per heavy atom. The van der Waals surface area contributed by atoms with Gasteiger partial charge in [0.2, 0.25) is 5.91 Å². The third-order valence-corrected chi connectivity index (χ3v) is 5.62. The van der Waals surface area contributed by atoms with Crippen molar-refractivity contribution in [1.29, 1.82) is 0 Å². The van der Waals surface area contributed by atoms with Gasteiger partial charge in [0, 0.05) is 30.1 Å². The summed E-state index contributed by atoms with van der Waals surface area (Å²) in [7, 11) is 0. The molecule has 1 saturated heterocycles. The fraction of sp³-hybridized carbons (Fsp3) is 0.240. The van der Waals surface area contributed by atoms with Crippen molar-refractivity contribution in [3.63, 3.8) is 0 Å². The molecule has 0 radical (unpaired) electrons. The normalized spacial score (nSPS) is 15.1. The molecule has 0 saturated carbocycles. The quantitative estimate of drug-likeness (QED) is 0.563. The van der Waals surface area contributed by atoms with Gasteiger partial charge in [-0.05, 0) is 68.2 Å². The Kier molecular flexibility index (Phi) is 6.45. The second-order valence-corrected chi connectivity index (χ2v) is 8.32. The van der Waals surface area contributed by atoms with Crippen LogP contribution in [0.2, 0.25) is 0 Å². The highest BCUT2D eigenvalue weighted by Crippen LogP contribution is 2.27. The Hall–Kier alpha value is -4.01. The van der Waals surface area contributed by atoms with Crippen LogP contribution in [-0.4, -0.2) is 39.5 Å². The molecule has 2 aromatic carbocycles. The van der Waals surface area contributed by atoms with Gasteiger partial charge in [-0.2, -0.15) is 0 Å². The van der Waals surface area contributed by atoms with Crippen LogP contribution in [0.5, 0.6) is 0 Å². The average molecular weight is 466 g/mol. The zero-order valence-electron chi connectivity index (χ0n) is 19.0. The van der Waals surface area contributed by atoms with Gasteiger partial charge in [0.25, 0.3) is 5.91 Å². The van der Waals surface area contributed by atoms with E-state index in [1.807, 2.05) is 42.8 Å². The maximum atomic E-state index is 13.8. The summed E-state index contributed by atoms with van der Waals surface area (Å²) in [4.78, 5) is 29.3. The number of carbonyl (C=O) groups excluding carboxylic acids is 2. The molecule has 34 heavy (non-hydrogen) atoms. The number of hydrogen-bond acceptors (Lipinski definition) is 4. The molecular formula is C25H25F2N5O2. The van der Waals surface area contributed by atoms with E-state index < -0.39 is 17.5 Å². The molecule has 0 bridgehead atoms. The molecule has 1 aromatic heterocycles. The van der Waals surface area contributed by atoms with E-state index in [1.54, 1.807) is 12.4 Å². The first kappa shape index (κ1) is 23.2. The van der Waals surface area contributed by atoms with Gasteiger partial charge >= 0.3 is 0 Å². The first-order valence-corrected chi connectivity index (χ1v) is 10.9. The Morgan fingerprint density at radius 1 is 1.18 bits per heavy atom. The molecule has 2 heterocycles. The number of nitrogens with zero attached hydrogens (tertiary/aromatic N) is 4. The van der Waals surface area contributed by atoms with Gasteiger partial charge in [0.05, 0.1) is 17.7 Å². The van der Waals surface area contributed by atoms with Crippen molar-refractivity contribution >= 4 is 23.6 Å². The van der Waals surface area contributed by atoms with E-state index in [0.717, 1.165) is 40.7 Å². The fourth-order valence-corrected chi connectivity index (χ4v) is 4.12. The molecule has 0 aliphatic carbocycles. The lowest BCUT2D eigenvalue weighted by Gasteiger charge is -2.39. The first-order valence-electron chi connectivity index (χ1n) is 10.9. The minimum atomic E-state index is -0.812. The molecule has 3 aromatic rings. The minimum absolute atomic E-state index is 0.0433. The highest BCUT2D eigenvalue weighted by Gasteiger charge is 2.30. The second kappa shape index (κ2) is 9.46. The van der Waals surface area contributed by atoms with Gasteiger partial charge in [-0.1, -0.05) is 6.07 Å². The number of hydrazine groups is 1. The van der Waals surface area contributed by atoms with Crippen molar-refractivity contribution in [2.75, 3.05) is 18.1 Å². The molecule has 9 heteroatoms. The van der Waals surface area contributed by atoms with E-state index >= 15 is 0 Å². The molecular weight excluding hydrogens is 440 g/mol. The zero-order valence-corrected chi connectivity index (χ0v) is 19.0. The van der Waals surface area contributed by atoms with E-state index in [1.165, 1.54) is 10.0 Å². The Bertz CT molecular complexity index is 1260. The summed E-state index contributed by atoms with van der Waals surface area (Å²) in [6, 6.07) is 8.72. The number of amides is 2. The molecule has 0 spiro atoms. The summed E-state index contributed by atoms with van der Waals surface area (Å²) in [5.74, 6) is -2.69. The average Bonchev–Trinajstić information content (AvgIpc) is 3.19. The largest absolute Gasteiger partial charge is 0.368 e. The first-order chi connectivity index (χ1) is 16.2. The lowest BCUT2D eigenvalue weighted by molar-refractivity contribution is -0.129. The molecule has 176 valence electrons. The van der Waals surface area contributed by atoms with E-state index in [0.29, 0.717) is 25.0 Å². The van der Waals surface area contributed by atoms with Crippen LogP contribution in [0.15, 0.2) is 54.5 Å². The number of rotatable bonds is 6. The van der Waals surface area contributed by atoms with Crippen LogP contribution >= 0.6 is 0 Å². The molecule has 1 aliphatic rings. The van der Waals surface area contributed by atoms with Crippen molar-refractivity contribution in [2.45, 2.75) is 26.7 Å². The molecule has 0 atom stereocenters. The Labute approximate surface area is 196 Å². The summed E-state index contributed by atoms with van der Waals surface area (Å²) < 4.78 is 29.6. The summed E-state index contributed by atoms with van der Waals surface area (Å²) >= 11 is 0. The fourth-order valence-electron chi connectivity index (χ4n) is 4.12. The van der Waals surface area contributed by atoms with Crippen LogP contribution in [0.25, 0.3) is 11.8 Å². The van der Waals surface area contributed by atoms with Crippen LogP contribution in [0, 0.1) is 25.5 Å². The zero-order chi connectivity index (χ0) is 24.4. The molecule has 1 aliphatic heterocycles. The number of hydrogen-bond donors (Lipinski definition) is 1. The summed E-state index contributed by atoms with van der Waals surface area (Å²) in [5, 5.41) is 2.56. The lowest BCUT2D eigenvalue weighted by atomic mass is 10.0. The number of aromatic nitrogens is 2. The summed E-state index contributed by atoms with van der Waals surface area (Å²) in [5.41, 5.74) is 9.70. The molecule has 2 amide bonds. The minimum Gasteiger partial charge on any atom is -0.368 e. The van der Waals surface area contributed by atoms with Crippen LogP contribution in [-0.2, 0) is 9.59 Å². The number of halogens is 2. The van der Waals surface area contributed by atoms with Crippen LogP contribution in [0.1, 0.15) is 29.7 Å². The predicted octanol–water partition coefficient (Wildman–Crippen LogP) is 3.68. The number of aryl methyl sites for hydroxylation is 2. The third-order valence-electron chi connectivity index (χ3n) is 5.62. The smallest absolute Gasteiger partial charge is 0.268 e. The van der Waals surface area contributed by atoms with Gasteiger partial charge < -0.3 is 10.3 Å². The van der Waals surface area contributed by atoms with Crippen molar-refractivity contribution in [3.05, 3.63) is 83.0 Å². The number of benzene rings is 2. The molecule has 2 N–H and O–H groups in total. The molecule has 7 nitrogen and oxygen atoms in total. The number of carbonyl (C=O) groups is 2. The maximum Gasteiger partial charge on any atom is 0.268 e. The highest BCUT2D eigenvalue weighted by atomic mass is 19.1. The third kappa shape index (κ3) is 4.98. The second-order valence-electron chi connectivity index (χ2n) is 8.32. The SMILES string of the molecule is Cc1cn(-c2ccc(/C=C3\CCCN(N(CC(N)=O)c4cc(F)cc(F)c4)C3=O)cc2C)cn1. The van der Waals surface area contributed by atoms with Crippen molar-refractivity contribution < 1.29 is 18.4 Å². The molecule has 1 fully saturated rings. The predicted molar refractivity (Wildman–Crippen MR) is 125 cm³/mol. The maximum absolute atomic E-state index is 13.8. The standard InChI is InChI=1S/C25H25F2N5O2/c1-16-8-18(5-6-23(16)30-13-17(2)29-15-30)9-19-4-3-7-31(25(19)34)32(14-24(28)33)22-11-20(26)10-21(27)12-22/h5-6,8-13,15H,3-4,7,14H2,1-2H3,(H2,28,33)/b19-9+. The topological polar surface area (TPSA) is 84.5 Å². The van der Waals surface area contributed by atoms with E-state index in [2.05, 4.69) is 4.98 Å². The lowest BCUT2D eigenvalue weighted by Crippen LogP contribution is -2.52. The molecule has 0 unspecified atom stereocenters. The Morgan fingerprint density at radius 3 is 2.53 bits per heavy atom. The van der Waals surface area contributed by atoms with Crippen molar-refractivity contribution in [3.8, 4) is 5.69 Å². The monoisotopic (exact) mass is 465 g/mol. The number of imidazole rings is 1. The van der Waals surface area contributed by atoms with Gasteiger partial charge in [-0.25, -0.2) is 18.8 Å². The van der Waals surface area contributed by atoms with Gasteiger partial charge in [0.15, 0.2) is 0 Å². The number of primary amides is 1. The number of piperidine rings is 1. The summed E-state index contributed by atoms with van der Waals surface area (Å²) in [6.07, 6.45) is 6.65. The molecule has 4 rings (SSSR count). The van der Waals surface area contributed by atoms with Gasteiger partial charge in [-0.15, -0.1) is 0 Å². The van der Waals surface area contributed by atoms with Crippen molar-refractivity contribution in [2.24, 2.45) is 5.73 Å². The van der Waals surface area contributed by atoms with Crippen LogP contribution in [0.4, 0.5) is 14.5 Å². The van der Waals surface area contributed by atoms with E-state index in [-0.39, 0.29) is 18.1 Å². The van der Waals surface area contributed by atoms with Crippen molar-refractivity contribution in [1.82, 2.24) is 14.6 Å². The summed E-state index contributed by atoms with van der Waals surface area (Å²) in [6.45, 7) is 3.80.